The Labute approximate surface area is 133 Å². The first kappa shape index (κ1) is 15.2. The molecule has 1 saturated heterocycles. The zero-order valence-electron chi connectivity index (χ0n) is 13.0. The van der Waals surface area contributed by atoms with E-state index in [1.165, 1.54) is 12.4 Å². The summed E-state index contributed by atoms with van der Waals surface area (Å²) >= 11 is 0. The van der Waals surface area contributed by atoms with Crippen molar-refractivity contribution in [3.05, 3.63) is 52.5 Å². The average Bonchev–Trinajstić information content (AvgIpc) is 2.98. The zero-order chi connectivity index (χ0) is 16.2. The number of nitrogens with one attached hydrogen (secondary N) is 1. The predicted octanol–water partition coefficient (Wildman–Crippen LogP) is 0.923. The van der Waals surface area contributed by atoms with E-state index in [4.69, 9.17) is 0 Å². The Hall–Kier alpha value is -2.70. The lowest BCUT2D eigenvalue weighted by molar-refractivity contribution is -0.127. The molecule has 120 valence electrons. The summed E-state index contributed by atoms with van der Waals surface area (Å²) in [6.45, 7) is 1.32. The number of carbonyl (C=O) groups excluding carboxylic acids is 1. The Morgan fingerprint density at radius 3 is 3.09 bits per heavy atom. The summed E-state index contributed by atoms with van der Waals surface area (Å²) in [5, 5.41) is 4.07. The Kier molecular flexibility index (Phi) is 4.36. The van der Waals surface area contributed by atoms with E-state index >= 15 is 0 Å². The van der Waals surface area contributed by atoms with Gasteiger partial charge >= 0.3 is 0 Å². The summed E-state index contributed by atoms with van der Waals surface area (Å²) in [5.74, 6) is 0.0881. The summed E-state index contributed by atoms with van der Waals surface area (Å²) in [6, 6.07) is 1.52. The maximum Gasteiger partial charge on any atom is 0.250 e. The molecular weight excluding hydrogens is 294 g/mol. The molecule has 1 unspecified atom stereocenters. The molecule has 0 radical (unpaired) electrons. The Balaban J connectivity index is 1.67. The highest BCUT2D eigenvalue weighted by Crippen LogP contribution is 2.24. The molecule has 1 fully saturated rings. The van der Waals surface area contributed by atoms with Crippen molar-refractivity contribution in [1.29, 1.82) is 0 Å². The number of piperidine rings is 1. The summed E-state index contributed by atoms with van der Waals surface area (Å²) in [4.78, 5) is 32.3. The summed E-state index contributed by atoms with van der Waals surface area (Å²) < 4.78 is 1.69. The third-order valence-corrected chi connectivity index (χ3v) is 3.99. The molecule has 0 aliphatic carbocycles. The highest BCUT2D eigenvalue weighted by molar-refractivity contribution is 5.91. The van der Waals surface area contributed by atoms with Crippen molar-refractivity contribution >= 4 is 12.0 Å². The predicted molar refractivity (Wildman–Crippen MR) is 85.7 cm³/mol. The number of H-pyrrole nitrogens is 1. The van der Waals surface area contributed by atoms with Gasteiger partial charge in [0.2, 0.25) is 5.91 Å². The van der Waals surface area contributed by atoms with Gasteiger partial charge in [0.25, 0.3) is 5.56 Å². The van der Waals surface area contributed by atoms with Crippen molar-refractivity contribution < 1.29 is 4.79 Å². The fraction of sp³-hybridized carbons (Fsp3) is 0.375. The van der Waals surface area contributed by atoms with Crippen molar-refractivity contribution in [3.63, 3.8) is 0 Å². The number of aromatic nitrogens is 4. The Morgan fingerprint density at radius 2 is 2.35 bits per heavy atom. The molecule has 2 aromatic heterocycles. The van der Waals surface area contributed by atoms with Crippen LogP contribution in [0.25, 0.3) is 6.08 Å². The number of carbonyl (C=O) groups is 1. The monoisotopic (exact) mass is 313 g/mol. The summed E-state index contributed by atoms with van der Waals surface area (Å²) in [5.41, 5.74) is 1.49. The van der Waals surface area contributed by atoms with Crippen LogP contribution in [0.1, 0.15) is 30.0 Å². The second kappa shape index (κ2) is 6.60. The molecule has 1 aliphatic rings. The third kappa shape index (κ3) is 3.74. The second-order valence-electron chi connectivity index (χ2n) is 5.74. The van der Waals surface area contributed by atoms with E-state index in [1.807, 2.05) is 18.1 Å². The smallest absolute Gasteiger partial charge is 0.250 e. The van der Waals surface area contributed by atoms with Gasteiger partial charge in [-0.05, 0) is 18.9 Å². The molecule has 0 saturated carbocycles. The van der Waals surface area contributed by atoms with Gasteiger partial charge in [0, 0.05) is 50.0 Å². The minimum Gasteiger partial charge on any atom is -0.338 e. The molecular formula is C16H19N5O2. The van der Waals surface area contributed by atoms with E-state index in [0.29, 0.717) is 6.54 Å². The summed E-state index contributed by atoms with van der Waals surface area (Å²) in [7, 11) is 1.84. The minimum absolute atomic E-state index is 0.0246. The van der Waals surface area contributed by atoms with Gasteiger partial charge in [0.05, 0.1) is 18.2 Å². The van der Waals surface area contributed by atoms with Gasteiger partial charge in [-0.1, -0.05) is 0 Å². The van der Waals surface area contributed by atoms with Gasteiger partial charge in [-0.2, -0.15) is 5.10 Å². The number of amides is 1. The van der Waals surface area contributed by atoms with Crippen LogP contribution in [0.4, 0.5) is 0 Å². The standard InChI is InChI=1S/C16H19N5O2/c1-20-9-12(8-19-20)4-5-16(23)21-6-2-3-13(10-21)14-7-15(22)18-11-17-14/h4-5,7-9,11,13H,2-3,6,10H2,1H3,(H,17,18,22). The molecule has 7 nitrogen and oxygen atoms in total. The highest BCUT2D eigenvalue weighted by Gasteiger charge is 2.24. The van der Waals surface area contributed by atoms with E-state index in [-0.39, 0.29) is 17.4 Å². The van der Waals surface area contributed by atoms with E-state index in [9.17, 15) is 9.59 Å². The van der Waals surface area contributed by atoms with Gasteiger partial charge in [0.15, 0.2) is 0 Å². The zero-order valence-corrected chi connectivity index (χ0v) is 13.0. The van der Waals surface area contributed by atoms with Crippen LogP contribution in [0.15, 0.2) is 35.7 Å². The van der Waals surface area contributed by atoms with Crippen LogP contribution in [0.2, 0.25) is 0 Å². The quantitative estimate of drug-likeness (QED) is 0.854. The number of rotatable bonds is 3. The molecule has 7 heteroatoms. The normalized spacial score (nSPS) is 18.5. The van der Waals surface area contributed by atoms with Crippen molar-refractivity contribution in [1.82, 2.24) is 24.6 Å². The van der Waals surface area contributed by atoms with Crippen molar-refractivity contribution in [2.75, 3.05) is 13.1 Å². The van der Waals surface area contributed by atoms with Crippen molar-refractivity contribution in [2.24, 2.45) is 7.05 Å². The maximum atomic E-state index is 12.3. The fourth-order valence-corrected chi connectivity index (χ4v) is 2.82. The van der Waals surface area contributed by atoms with Gasteiger partial charge in [0.1, 0.15) is 0 Å². The van der Waals surface area contributed by atoms with Crippen LogP contribution < -0.4 is 5.56 Å². The lowest BCUT2D eigenvalue weighted by Crippen LogP contribution is -2.38. The van der Waals surface area contributed by atoms with Crippen LogP contribution >= 0.6 is 0 Å². The van der Waals surface area contributed by atoms with Crippen LogP contribution in [0.3, 0.4) is 0 Å². The average molecular weight is 313 g/mol. The maximum absolute atomic E-state index is 12.3. The Bertz CT molecular complexity index is 777. The van der Waals surface area contributed by atoms with Gasteiger partial charge in [-0.15, -0.1) is 0 Å². The largest absolute Gasteiger partial charge is 0.338 e. The van der Waals surface area contributed by atoms with E-state index < -0.39 is 0 Å². The first-order valence-electron chi connectivity index (χ1n) is 7.62. The number of aryl methyl sites for hydroxylation is 1. The van der Waals surface area contributed by atoms with Gasteiger partial charge < -0.3 is 9.88 Å². The first-order valence-corrected chi connectivity index (χ1v) is 7.62. The third-order valence-electron chi connectivity index (χ3n) is 3.99. The number of hydrogen-bond acceptors (Lipinski definition) is 4. The molecule has 1 atom stereocenters. The van der Waals surface area contributed by atoms with E-state index in [0.717, 1.165) is 30.6 Å². The molecule has 3 rings (SSSR count). The number of hydrogen-bond donors (Lipinski definition) is 1. The number of nitrogens with zero attached hydrogens (tertiary/aromatic N) is 4. The van der Waals surface area contributed by atoms with Crippen LogP contribution in [-0.2, 0) is 11.8 Å². The first-order chi connectivity index (χ1) is 11.1. The molecule has 23 heavy (non-hydrogen) atoms. The SMILES string of the molecule is Cn1cc(C=CC(=O)N2CCCC(c3cc(=O)[nH]cn3)C2)cn1. The van der Waals surface area contributed by atoms with Crippen LogP contribution in [0.5, 0.6) is 0 Å². The van der Waals surface area contributed by atoms with Crippen molar-refractivity contribution in [3.8, 4) is 0 Å². The van der Waals surface area contributed by atoms with Gasteiger partial charge in [-0.25, -0.2) is 4.98 Å². The van der Waals surface area contributed by atoms with Crippen molar-refractivity contribution in [2.45, 2.75) is 18.8 Å². The molecule has 1 aliphatic heterocycles. The molecule has 2 aromatic rings. The molecule has 0 spiro atoms. The molecule has 1 amide bonds. The molecule has 0 aromatic carbocycles. The number of aromatic amines is 1. The van der Waals surface area contributed by atoms with Crippen LogP contribution in [0, 0.1) is 0 Å². The Morgan fingerprint density at radius 1 is 1.48 bits per heavy atom. The molecule has 3 heterocycles. The molecule has 0 bridgehead atoms. The van der Waals surface area contributed by atoms with E-state index in [2.05, 4.69) is 15.1 Å². The fourth-order valence-electron chi connectivity index (χ4n) is 2.82. The topological polar surface area (TPSA) is 83.9 Å². The number of likely N-dealkylation sites (tertiary alicyclic amines) is 1. The van der Waals surface area contributed by atoms with E-state index in [1.54, 1.807) is 23.0 Å². The second-order valence-corrected chi connectivity index (χ2v) is 5.74. The lowest BCUT2D eigenvalue weighted by Gasteiger charge is -2.31. The summed E-state index contributed by atoms with van der Waals surface area (Å²) in [6.07, 6.45) is 10.2. The van der Waals surface area contributed by atoms with Crippen LogP contribution in [-0.4, -0.2) is 43.6 Å². The minimum atomic E-state index is -0.157. The molecule has 1 N–H and O–H groups in total. The lowest BCUT2D eigenvalue weighted by atomic mass is 9.94. The van der Waals surface area contributed by atoms with Gasteiger partial charge in [-0.3, -0.25) is 14.3 Å². The highest BCUT2D eigenvalue weighted by atomic mass is 16.2.